The van der Waals surface area contributed by atoms with Gasteiger partial charge in [-0.2, -0.15) is 0 Å². The largest absolute Gasteiger partial charge is 0.368 e. The monoisotopic (exact) mass is 490 g/mol. The third kappa shape index (κ3) is 5.49. The van der Waals surface area contributed by atoms with Gasteiger partial charge in [0.15, 0.2) is 0 Å². The SMILES string of the molecule is CC(C)(C)c1ccc(C[C@H](NC(=O)C(c2ccccc2)(c2ccccc2)c2ccccc2)C(N)=O)cc1. The van der Waals surface area contributed by atoms with Crippen LogP contribution >= 0.6 is 0 Å². The van der Waals surface area contributed by atoms with Crippen LogP contribution < -0.4 is 11.1 Å². The van der Waals surface area contributed by atoms with E-state index in [4.69, 9.17) is 5.73 Å². The van der Waals surface area contributed by atoms with E-state index in [1.54, 1.807) is 0 Å². The Morgan fingerprint density at radius 3 is 1.41 bits per heavy atom. The molecule has 0 spiro atoms. The van der Waals surface area contributed by atoms with Crippen molar-refractivity contribution in [3.05, 3.63) is 143 Å². The molecule has 0 saturated carbocycles. The molecule has 4 aromatic carbocycles. The Morgan fingerprint density at radius 2 is 1.05 bits per heavy atom. The minimum absolute atomic E-state index is 0.0243. The molecule has 0 saturated heterocycles. The Labute approximate surface area is 219 Å². The highest BCUT2D eigenvalue weighted by Crippen LogP contribution is 2.39. The Morgan fingerprint density at radius 1 is 0.649 bits per heavy atom. The van der Waals surface area contributed by atoms with Gasteiger partial charge < -0.3 is 11.1 Å². The van der Waals surface area contributed by atoms with Crippen LogP contribution in [0.4, 0.5) is 0 Å². The number of nitrogens with one attached hydrogen (secondary N) is 1. The fourth-order valence-corrected chi connectivity index (χ4v) is 4.82. The molecule has 188 valence electrons. The average molecular weight is 491 g/mol. The fourth-order valence-electron chi connectivity index (χ4n) is 4.82. The topological polar surface area (TPSA) is 72.2 Å². The number of amides is 2. The van der Waals surface area contributed by atoms with E-state index in [0.29, 0.717) is 6.42 Å². The number of rotatable bonds is 8. The lowest BCUT2D eigenvalue weighted by Gasteiger charge is -2.35. The molecule has 3 N–H and O–H groups in total. The lowest BCUT2D eigenvalue weighted by atomic mass is 9.68. The van der Waals surface area contributed by atoms with E-state index in [0.717, 1.165) is 22.3 Å². The van der Waals surface area contributed by atoms with E-state index in [1.165, 1.54) is 5.56 Å². The van der Waals surface area contributed by atoms with Gasteiger partial charge >= 0.3 is 0 Å². The van der Waals surface area contributed by atoms with Gasteiger partial charge in [-0.3, -0.25) is 9.59 Å². The van der Waals surface area contributed by atoms with Crippen LogP contribution in [0.2, 0.25) is 0 Å². The molecule has 0 unspecified atom stereocenters. The minimum atomic E-state index is -1.17. The maximum Gasteiger partial charge on any atom is 0.240 e. The van der Waals surface area contributed by atoms with Gasteiger partial charge in [-0.05, 0) is 33.2 Å². The second-order valence-electron chi connectivity index (χ2n) is 10.4. The average Bonchev–Trinajstić information content (AvgIpc) is 2.90. The Hall–Kier alpha value is -4.18. The quantitative estimate of drug-likeness (QED) is 0.319. The predicted octanol–water partition coefficient (Wildman–Crippen LogP) is 5.53. The molecule has 0 heterocycles. The molecule has 2 amide bonds. The van der Waals surface area contributed by atoms with Crippen molar-refractivity contribution in [1.82, 2.24) is 5.32 Å². The predicted molar refractivity (Wildman–Crippen MR) is 149 cm³/mol. The maximum absolute atomic E-state index is 14.4. The Kier molecular flexibility index (Phi) is 7.58. The minimum Gasteiger partial charge on any atom is -0.368 e. The molecule has 4 nitrogen and oxygen atoms in total. The first kappa shape index (κ1) is 25.9. The highest BCUT2D eigenvalue weighted by atomic mass is 16.2. The summed E-state index contributed by atoms with van der Waals surface area (Å²) < 4.78 is 0. The van der Waals surface area contributed by atoms with Gasteiger partial charge in [0.2, 0.25) is 11.8 Å². The smallest absolute Gasteiger partial charge is 0.240 e. The first-order valence-corrected chi connectivity index (χ1v) is 12.6. The van der Waals surface area contributed by atoms with Crippen LogP contribution in [0.1, 0.15) is 48.6 Å². The standard InChI is InChI=1S/C33H34N2O2/c1-32(2,3)25-21-19-24(20-22-25)23-29(30(34)36)35-31(37)33(26-13-7-4-8-14-26,27-15-9-5-10-16-27)28-17-11-6-12-18-28/h4-22,29H,23H2,1-3H3,(H2,34,36)(H,35,37)/t29-/m0/s1. The molecule has 0 aromatic heterocycles. The highest BCUT2D eigenvalue weighted by Gasteiger charge is 2.44. The summed E-state index contributed by atoms with van der Waals surface area (Å²) in [6.45, 7) is 6.47. The van der Waals surface area contributed by atoms with E-state index >= 15 is 0 Å². The molecule has 0 bridgehead atoms. The van der Waals surface area contributed by atoms with E-state index in [1.807, 2.05) is 103 Å². The van der Waals surface area contributed by atoms with Gasteiger partial charge in [-0.15, -0.1) is 0 Å². The van der Waals surface area contributed by atoms with E-state index < -0.39 is 17.4 Å². The van der Waals surface area contributed by atoms with Crippen LogP contribution in [0.15, 0.2) is 115 Å². The van der Waals surface area contributed by atoms with Gasteiger partial charge in [0.05, 0.1) is 0 Å². The number of carbonyl (C=O) groups excluding carboxylic acids is 2. The summed E-state index contributed by atoms with van der Waals surface area (Å²) in [7, 11) is 0. The summed E-state index contributed by atoms with van der Waals surface area (Å²) >= 11 is 0. The molecule has 4 aromatic rings. The molecule has 37 heavy (non-hydrogen) atoms. The summed E-state index contributed by atoms with van der Waals surface area (Å²) in [6.07, 6.45) is 0.306. The third-order valence-electron chi connectivity index (χ3n) is 6.87. The number of benzene rings is 4. The van der Waals surface area contributed by atoms with Gasteiger partial charge in [0.25, 0.3) is 0 Å². The first-order chi connectivity index (χ1) is 17.7. The lowest BCUT2D eigenvalue weighted by Crippen LogP contribution is -2.54. The van der Waals surface area contributed by atoms with Crippen molar-refractivity contribution in [1.29, 1.82) is 0 Å². The summed E-state index contributed by atoms with van der Waals surface area (Å²) in [5, 5.41) is 3.03. The zero-order valence-corrected chi connectivity index (χ0v) is 21.6. The molecule has 0 aliphatic rings. The van der Waals surface area contributed by atoms with E-state index in [9.17, 15) is 9.59 Å². The third-order valence-corrected chi connectivity index (χ3v) is 6.87. The maximum atomic E-state index is 14.4. The summed E-state index contributed by atoms with van der Waals surface area (Å²) in [4.78, 5) is 27.0. The van der Waals surface area contributed by atoms with Gasteiger partial charge in [-0.25, -0.2) is 0 Å². The van der Waals surface area contributed by atoms with Crippen molar-refractivity contribution >= 4 is 11.8 Å². The molecule has 4 heteroatoms. The van der Waals surface area contributed by atoms with Crippen LogP contribution in [-0.2, 0) is 26.8 Å². The molecular formula is C33H34N2O2. The van der Waals surface area contributed by atoms with E-state index in [-0.39, 0.29) is 11.3 Å². The van der Waals surface area contributed by atoms with Crippen molar-refractivity contribution in [3.63, 3.8) is 0 Å². The van der Waals surface area contributed by atoms with E-state index in [2.05, 4.69) is 38.2 Å². The number of carbonyl (C=O) groups is 2. The van der Waals surface area contributed by atoms with Crippen LogP contribution in [0.25, 0.3) is 0 Å². The molecule has 4 rings (SSSR count). The summed E-state index contributed by atoms with van der Waals surface area (Å²) in [6, 6.07) is 36.3. The van der Waals surface area contributed by atoms with Crippen LogP contribution in [0.5, 0.6) is 0 Å². The molecule has 0 aliphatic heterocycles. The number of primary amides is 1. The summed E-state index contributed by atoms with van der Waals surface area (Å²) in [5.41, 5.74) is 9.25. The van der Waals surface area contributed by atoms with Gasteiger partial charge in [0, 0.05) is 6.42 Å². The fraction of sp³-hybridized carbons (Fsp3) is 0.212. The van der Waals surface area contributed by atoms with Crippen LogP contribution in [-0.4, -0.2) is 17.9 Å². The van der Waals surface area contributed by atoms with Crippen molar-refractivity contribution in [2.24, 2.45) is 5.73 Å². The van der Waals surface area contributed by atoms with Crippen molar-refractivity contribution in [2.45, 2.75) is 44.1 Å². The number of hydrogen-bond donors (Lipinski definition) is 2. The zero-order valence-electron chi connectivity index (χ0n) is 21.6. The van der Waals surface area contributed by atoms with Crippen LogP contribution in [0.3, 0.4) is 0 Å². The highest BCUT2D eigenvalue weighted by molar-refractivity contribution is 5.98. The molecule has 1 atom stereocenters. The number of hydrogen-bond acceptors (Lipinski definition) is 2. The Balaban J connectivity index is 1.77. The molecular weight excluding hydrogens is 456 g/mol. The normalized spacial score (nSPS) is 12.5. The van der Waals surface area contributed by atoms with Crippen molar-refractivity contribution in [2.75, 3.05) is 0 Å². The lowest BCUT2D eigenvalue weighted by molar-refractivity contribution is -0.129. The van der Waals surface area contributed by atoms with Gasteiger partial charge in [0.1, 0.15) is 11.5 Å². The first-order valence-electron chi connectivity index (χ1n) is 12.6. The molecule has 0 aliphatic carbocycles. The molecule has 0 fully saturated rings. The summed E-state index contributed by atoms with van der Waals surface area (Å²) in [5.74, 6) is -0.873. The Bertz CT molecular complexity index is 1230. The second-order valence-corrected chi connectivity index (χ2v) is 10.4. The van der Waals surface area contributed by atoms with Crippen LogP contribution in [0, 0.1) is 0 Å². The zero-order chi connectivity index (χ0) is 26.5. The second kappa shape index (κ2) is 10.8. The van der Waals surface area contributed by atoms with Crippen molar-refractivity contribution in [3.8, 4) is 0 Å². The van der Waals surface area contributed by atoms with Gasteiger partial charge in [-0.1, -0.05) is 136 Å². The van der Waals surface area contributed by atoms with Crippen molar-refractivity contribution < 1.29 is 9.59 Å². The molecule has 0 radical (unpaired) electrons. The number of nitrogens with two attached hydrogens (primary N) is 1.